The van der Waals surface area contributed by atoms with E-state index >= 15 is 0 Å². The number of rotatable bonds is 15. The van der Waals surface area contributed by atoms with Gasteiger partial charge in [0.25, 0.3) is 0 Å². The molecule has 4 aliphatic rings. The van der Waals surface area contributed by atoms with Crippen LogP contribution in [0.25, 0.3) is 44.6 Å². The Labute approximate surface area is 482 Å². The van der Waals surface area contributed by atoms with Crippen LogP contribution >= 0.6 is 51.0 Å². The Hall–Kier alpha value is -5.40. The van der Waals surface area contributed by atoms with Crippen molar-refractivity contribution in [2.24, 2.45) is 0 Å². The lowest BCUT2D eigenvalue weighted by atomic mass is 10.1. The van der Waals surface area contributed by atoms with Gasteiger partial charge in [0, 0.05) is 112 Å². The summed E-state index contributed by atoms with van der Waals surface area (Å²) >= 11 is 5.73. The summed E-state index contributed by atoms with van der Waals surface area (Å²) in [5.41, 5.74) is 8.40. The minimum atomic E-state index is -0.256. The Morgan fingerprint density at radius 2 is 1.01 bits per heavy atom. The van der Waals surface area contributed by atoms with E-state index in [1.165, 1.54) is 5.69 Å². The van der Waals surface area contributed by atoms with Gasteiger partial charge in [-0.3, -0.25) is 19.6 Å². The zero-order valence-electron chi connectivity index (χ0n) is 44.9. The molecule has 20 nitrogen and oxygen atoms in total. The van der Waals surface area contributed by atoms with Crippen molar-refractivity contribution >= 4 is 96.3 Å². The van der Waals surface area contributed by atoms with Gasteiger partial charge >= 0.3 is 0 Å². The maximum atomic E-state index is 12.6. The molecule has 4 aliphatic heterocycles. The van der Waals surface area contributed by atoms with Crippen molar-refractivity contribution in [1.29, 1.82) is 0 Å². The number of hydrogen-bond donors (Lipinski definition) is 1. The highest BCUT2D eigenvalue weighted by Crippen LogP contribution is 2.31. The maximum Gasteiger partial charge on any atom is 0.242 e. The predicted molar refractivity (Wildman–Crippen MR) is 317 cm³/mol. The van der Waals surface area contributed by atoms with Crippen molar-refractivity contribution < 1.29 is 38.0 Å². The topological polar surface area (TPSA) is 195 Å². The van der Waals surface area contributed by atoms with E-state index < -0.39 is 0 Å². The van der Waals surface area contributed by atoms with Crippen LogP contribution in [0, 0.1) is 0 Å². The third-order valence-corrected chi connectivity index (χ3v) is 13.0. The Morgan fingerprint density at radius 1 is 0.615 bits per heavy atom. The molecule has 2 aromatic carbocycles. The van der Waals surface area contributed by atoms with Gasteiger partial charge in [-0.1, -0.05) is 24.3 Å². The van der Waals surface area contributed by atoms with Gasteiger partial charge in [-0.25, -0.2) is 19.9 Å². The number of nitrogens with zero attached hydrogens (tertiary/aromatic N) is 11. The van der Waals surface area contributed by atoms with E-state index in [1.807, 2.05) is 50.1 Å². The molecule has 0 spiro atoms. The van der Waals surface area contributed by atoms with E-state index in [-0.39, 0.29) is 76.6 Å². The molecule has 2 atom stereocenters. The van der Waals surface area contributed by atoms with E-state index in [0.29, 0.717) is 91.9 Å². The summed E-state index contributed by atoms with van der Waals surface area (Å²) in [6.45, 7) is 10.9. The van der Waals surface area contributed by atoms with Crippen LogP contribution in [0.2, 0.25) is 0 Å². The van der Waals surface area contributed by atoms with Gasteiger partial charge in [0.2, 0.25) is 23.6 Å². The van der Waals surface area contributed by atoms with Crippen LogP contribution in [0.5, 0.6) is 11.8 Å². The van der Waals surface area contributed by atoms with Gasteiger partial charge in [-0.15, -0.1) is 24.0 Å². The molecule has 4 saturated heterocycles. The van der Waals surface area contributed by atoms with E-state index in [2.05, 4.69) is 83.6 Å². The van der Waals surface area contributed by atoms with Crippen LogP contribution in [0.4, 0.5) is 11.4 Å². The summed E-state index contributed by atoms with van der Waals surface area (Å²) in [5, 5.41) is 2.75. The second-order valence-electron chi connectivity index (χ2n) is 18.5. The Bertz CT molecular complexity index is 2770. The zero-order valence-corrected chi connectivity index (χ0v) is 48.4. The number of alkyl halides is 1. The molecular weight excluding hydrogens is 1080 g/mol. The monoisotopic (exact) mass is 1150 g/mol. The molecule has 4 aromatic heterocycles. The summed E-state index contributed by atoms with van der Waals surface area (Å²) in [4.78, 5) is 62.5. The average Bonchev–Trinajstić information content (AvgIpc) is 3.48. The minimum Gasteiger partial charge on any atom is -0.473 e. The highest BCUT2D eigenvalue weighted by molar-refractivity contribution is 7.59. The third kappa shape index (κ3) is 17.8. The summed E-state index contributed by atoms with van der Waals surface area (Å²) in [7, 11) is 7.69. The van der Waals surface area contributed by atoms with Crippen LogP contribution in [0.1, 0.15) is 12.8 Å². The first kappa shape index (κ1) is 63.4. The van der Waals surface area contributed by atoms with Crippen molar-refractivity contribution in [2.45, 2.75) is 25.0 Å². The summed E-state index contributed by atoms with van der Waals surface area (Å²) in [6, 6.07) is 20.5. The van der Waals surface area contributed by atoms with Gasteiger partial charge in [0.1, 0.15) is 25.4 Å². The summed E-state index contributed by atoms with van der Waals surface area (Å²) in [6.07, 6.45) is 6.90. The molecule has 0 saturated carbocycles. The maximum absolute atomic E-state index is 12.6. The fourth-order valence-corrected chi connectivity index (χ4v) is 9.03. The molecule has 0 bridgehead atoms. The second-order valence-corrected chi connectivity index (χ2v) is 18.9. The van der Waals surface area contributed by atoms with E-state index in [4.69, 9.17) is 50.0 Å². The lowest BCUT2D eigenvalue weighted by Crippen LogP contribution is -2.48. The number of amides is 2. The van der Waals surface area contributed by atoms with Gasteiger partial charge in [0.15, 0.2) is 11.0 Å². The van der Waals surface area contributed by atoms with Crippen molar-refractivity contribution in [3.05, 3.63) is 85.5 Å². The Morgan fingerprint density at radius 3 is 1.41 bits per heavy atom. The van der Waals surface area contributed by atoms with Crippen molar-refractivity contribution in [3.63, 3.8) is 0 Å². The van der Waals surface area contributed by atoms with Crippen molar-refractivity contribution in [2.75, 3.05) is 156 Å². The number of hydrogen-bond acceptors (Lipinski definition) is 18. The standard InChI is InChI=1S/C27H34N6O4.C25H28ClN5O4.C2H7N.ClH.2H2S/c1-31(2)10-7-25(34)33-13-16-36-22(18-33)19-37-27-26-24(28-8-9-29-26)17-23(30-27)20-3-5-21(6-4-20)32-11-14-35-15-12-32;26-6-5-23(32)31-11-14-34-20(16-31)17-35-25-24-22(27-7-8-28-24)15-21(29-25)18-1-3-19(4-2-18)30-9-12-33-13-10-30;1-3-2;;;/h3-6,8-9,17,22H,7,10-16,18-19H2,1-2H3;1-4,7-8,15,20H,5-6,9-14,16-17H2;3H,1-2H3;1H;2*1H2/t22-;20-;;;;/m00..../s1. The minimum absolute atomic E-state index is 0. The molecule has 0 radical (unpaired) electrons. The molecule has 8 heterocycles. The number of halogens is 2. The molecule has 0 aliphatic carbocycles. The number of carbonyl (C=O) groups excluding carboxylic acids is 2. The molecule has 2 amide bonds. The fourth-order valence-electron chi connectivity index (χ4n) is 8.87. The van der Waals surface area contributed by atoms with Crippen LogP contribution in [0.3, 0.4) is 0 Å². The normalized spacial score (nSPS) is 17.3. The Kier molecular flexibility index (Phi) is 26.5. The van der Waals surface area contributed by atoms with Gasteiger partial charge in [-0.2, -0.15) is 27.0 Å². The number of ether oxygens (including phenoxy) is 6. The van der Waals surface area contributed by atoms with Crippen LogP contribution in [0.15, 0.2) is 85.5 Å². The van der Waals surface area contributed by atoms with Crippen molar-refractivity contribution in [3.8, 4) is 34.3 Å². The van der Waals surface area contributed by atoms with E-state index in [0.717, 1.165) is 87.4 Å². The predicted octanol–water partition coefficient (Wildman–Crippen LogP) is 5.33. The number of carbonyl (C=O) groups is 2. The Balaban J connectivity index is 0.000000264. The molecule has 4 fully saturated rings. The molecule has 0 unspecified atom stereocenters. The lowest BCUT2D eigenvalue weighted by molar-refractivity contribution is -0.140. The first-order valence-electron chi connectivity index (χ1n) is 25.6. The molecule has 78 heavy (non-hydrogen) atoms. The first-order valence-corrected chi connectivity index (χ1v) is 26.2. The highest BCUT2D eigenvalue weighted by Gasteiger charge is 2.27. The van der Waals surface area contributed by atoms with E-state index in [9.17, 15) is 9.59 Å². The van der Waals surface area contributed by atoms with E-state index in [1.54, 1.807) is 29.7 Å². The van der Waals surface area contributed by atoms with Gasteiger partial charge in [-0.05, 0) is 64.6 Å². The van der Waals surface area contributed by atoms with Crippen LogP contribution in [-0.4, -0.2) is 214 Å². The number of aromatic nitrogens is 6. The molecule has 6 aromatic rings. The highest BCUT2D eigenvalue weighted by atomic mass is 35.5. The number of fused-ring (bicyclic) bond motifs is 2. The summed E-state index contributed by atoms with van der Waals surface area (Å²) < 4.78 is 34.9. The first-order chi connectivity index (χ1) is 36.7. The SMILES string of the molecule is CN(C)CCC(=O)N1CCO[C@H](COc2nc(-c3ccc(N4CCOCC4)cc3)cc3nccnc23)C1.CNC.Cl.O=C(CCCl)N1CCO[C@H](COc2nc(-c3ccc(N4CCOCC4)cc3)cc3nccnc23)C1.S.S. The molecule has 424 valence electrons. The number of morpholine rings is 4. The zero-order chi connectivity index (χ0) is 52.4. The van der Waals surface area contributed by atoms with Gasteiger partial charge < -0.3 is 58.2 Å². The molecule has 1 N–H and O–H groups in total. The van der Waals surface area contributed by atoms with Crippen molar-refractivity contribution in [1.82, 2.24) is 49.9 Å². The van der Waals surface area contributed by atoms with Crippen LogP contribution < -0.4 is 24.6 Å². The number of anilines is 2. The largest absolute Gasteiger partial charge is 0.473 e. The smallest absolute Gasteiger partial charge is 0.242 e. The molecular formula is C54H74Cl2N12O8S2. The lowest BCUT2D eigenvalue weighted by Gasteiger charge is -2.33. The number of benzene rings is 2. The average molecular weight is 1150 g/mol. The molecule has 10 rings (SSSR count). The quantitative estimate of drug-likeness (QED) is 0.130. The second kappa shape index (κ2) is 32.6. The fraction of sp³-hybridized carbons (Fsp3) is 0.481. The van der Waals surface area contributed by atoms with Gasteiger partial charge in [0.05, 0.1) is 75.2 Å². The number of nitrogens with one attached hydrogen (secondary N) is 1. The number of pyridine rings is 2. The third-order valence-electron chi connectivity index (χ3n) is 12.8. The van der Waals surface area contributed by atoms with Crippen LogP contribution in [-0.2, 0) is 28.5 Å². The molecule has 24 heteroatoms. The summed E-state index contributed by atoms with van der Waals surface area (Å²) in [5.74, 6) is 1.30.